The second kappa shape index (κ2) is 50.9. The molecule has 0 aromatic carbocycles. The summed E-state index contributed by atoms with van der Waals surface area (Å²) >= 11 is 0. The minimum Gasteiger partial charge on any atom is -0.481 e. The second-order valence-corrected chi connectivity index (χ2v) is 28.3. The van der Waals surface area contributed by atoms with Gasteiger partial charge >= 0.3 is 17.9 Å². The first-order chi connectivity index (χ1) is 53.6. The Balaban J connectivity index is 2.39. The molecule has 0 bridgehead atoms. The van der Waals surface area contributed by atoms with E-state index < -0.39 is 280 Å². The topological polar surface area (TPSA) is 740 Å². The van der Waals surface area contributed by atoms with Gasteiger partial charge in [0.15, 0.2) is 0 Å². The van der Waals surface area contributed by atoms with Gasteiger partial charge in [0, 0.05) is 38.4 Å². The van der Waals surface area contributed by atoms with E-state index in [0.717, 1.165) is 6.34 Å². The van der Waals surface area contributed by atoms with Crippen LogP contribution >= 0.6 is 0 Å². The Labute approximate surface area is 657 Å². The quantitative estimate of drug-likeness (QED) is 0.0252. The SMILES string of the molecule is CCC(C)C(NC(=O)C(CC1C=NC=N1)NC(=O)C(CCC(N)=O)NC(=O)C(CO)NC(=O)CNC(=O)C1CCCN1C(=O)C(NC(=O)C(CCC(=O)O)NC(=O)C(N)C(C)C)C(C)C)C(=O)NC(CC(=O)O)C(=O)NC(CO)C(=O)NC(CCC(N)=O)C(=O)NC(CCCCN)C(=O)NC(CCCCN)C(=O)NC(C)C(=O)O. The van der Waals surface area contributed by atoms with Gasteiger partial charge in [-0.25, -0.2) is 4.99 Å². The number of carboxylic acid groups (broad SMARTS) is 3. The molecule has 45 nitrogen and oxygen atoms in total. The number of aliphatic hydroxyl groups is 2. The normalized spacial score (nSPS) is 17.3. The summed E-state index contributed by atoms with van der Waals surface area (Å²) in [6.07, 6.45) is -0.847. The van der Waals surface area contributed by atoms with Gasteiger partial charge in [-0.05, 0) is 108 Å². The molecule has 0 aromatic heterocycles. The number of aliphatic hydroxyl groups excluding tert-OH is 2. The molecule has 2 aliphatic rings. The van der Waals surface area contributed by atoms with Gasteiger partial charge in [-0.2, -0.15) is 0 Å². The number of hydrogen-bond donors (Lipinski definition) is 23. The van der Waals surface area contributed by atoms with E-state index in [1.165, 1.54) is 25.0 Å². The minimum atomic E-state index is -2.12. The van der Waals surface area contributed by atoms with Crippen LogP contribution in [0.15, 0.2) is 9.98 Å². The van der Waals surface area contributed by atoms with Crippen LogP contribution in [0.4, 0.5) is 0 Å². The Morgan fingerprint density at radius 3 is 1.34 bits per heavy atom. The second-order valence-electron chi connectivity index (χ2n) is 28.3. The monoisotopic (exact) mass is 1620 g/mol. The summed E-state index contributed by atoms with van der Waals surface area (Å²) < 4.78 is 0. The summed E-state index contributed by atoms with van der Waals surface area (Å²) in [6, 6.07) is -23.2. The van der Waals surface area contributed by atoms with Crippen LogP contribution in [-0.4, -0.2) is 285 Å². The Morgan fingerprint density at radius 1 is 0.482 bits per heavy atom. The van der Waals surface area contributed by atoms with E-state index in [-0.39, 0.29) is 64.1 Å². The number of nitrogens with two attached hydrogens (primary N) is 5. The number of nitrogens with zero attached hydrogens (tertiary/aromatic N) is 3. The lowest BCUT2D eigenvalue weighted by Crippen LogP contribution is -2.62. The number of aliphatic imine (C=N–C) groups is 2. The number of carbonyl (C=O) groups is 19. The van der Waals surface area contributed by atoms with Crippen molar-refractivity contribution in [2.75, 3.05) is 39.4 Å². The highest BCUT2D eigenvalue weighted by atomic mass is 16.4. The average Bonchev–Trinajstić information content (AvgIpc) is 1.62. The first-order valence-corrected chi connectivity index (χ1v) is 37.5. The molecule has 45 heteroatoms. The molecule has 16 amide bonds. The zero-order chi connectivity index (χ0) is 86.2. The third-order valence-corrected chi connectivity index (χ3v) is 18.5. The number of amides is 16. The third-order valence-electron chi connectivity index (χ3n) is 18.5. The Hall–Kier alpha value is -10.9. The van der Waals surface area contributed by atoms with E-state index in [1.54, 1.807) is 34.6 Å². The molecule has 0 aliphatic carbocycles. The first kappa shape index (κ1) is 99.1. The summed E-state index contributed by atoms with van der Waals surface area (Å²) in [6.45, 7) is 7.82. The van der Waals surface area contributed by atoms with Gasteiger partial charge in [-0.3, -0.25) is 96.1 Å². The van der Waals surface area contributed by atoms with Crippen molar-refractivity contribution < 1.29 is 117 Å². The summed E-state index contributed by atoms with van der Waals surface area (Å²) in [5.74, 6) is -23.0. The van der Waals surface area contributed by atoms with Crippen molar-refractivity contribution in [1.29, 1.82) is 0 Å². The highest BCUT2D eigenvalue weighted by Crippen LogP contribution is 2.22. The number of carbonyl (C=O) groups excluding carboxylic acids is 16. The van der Waals surface area contributed by atoms with Crippen LogP contribution in [0.2, 0.25) is 0 Å². The van der Waals surface area contributed by atoms with Crippen molar-refractivity contribution in [3.63, 3.8) is 0 Å². The molecule has 28 N–H and O–H groups in total. The third kappa shape index (κ3) is 35.0. The van der Waals surface area contributed by atoms with Gasteiger partial charge < -0.3 is 128 Å². The molecular formula is C69H115N21O24. The zero-order valence-electron chi connectivity index (χ0n) is 65.0. The lowest BCUT2D eigenvalue weighted by atomic mass is 9.96. The lowest BCUT2D eigenvalue weighted by molar-refractivity contribution is -0.143. The van der Waals surface area contributed by atoms with Crippen molar-refractivity contribution in [1.82, 2.24) is 74.0 Å². The molecule has 1 fully saturated rings. The van der Waals surface area contributed by atoms with Crippen LogP contribution in [0, 0.1) is 17.8 Å². The van der Waals surface area contributed by atoms with Crippen LogP contribution < -0.4 is 97.8 Å². The Kier molecular flexibility index (Phi) is 44.3. The van der Waals surface area contributed by atoms with E-state index >= 15 is 0 Å². The molecule has 0 aromatic rings. The molecule has 0 radical (unpaired) electrons. The fourth-order valence-electron chi connectivity index (χ4n) is 11.4. The summed E-state index contributed by atoms with van der Waals surface area (Å²) in [4.78, 5) is 263. The van der Waals surface area contributed by atoms with Gasteiger partial charge in [0.2, 0.25) is 94.5 Å². The largest absolute Gasteiger partial charge is 0.481 e. The van der Waals surface area contributed by atoms with E-state index in [4.69, 9.17) is 28.7 Å². The maximum atomic E-state index is 14.5. The fraction of sp³-hybridized carbons (Fsp3) is 0.696. The average molecular weight is 1620 g/mol. The predicted molar refractivity (Wildman–Crippen MR) is 403 cm³/mol. The maximum Gasteiger partial charge on any atom is 0.325 e. The number of hydrogen-bond acceptors (Lipinski definition) is 26. The van der Waals surface area contributed by atoms with E-state index in [1.807, 2.05) is 0 Å². The van der Waals surface area contributed by atoms with Gasteiger partial charge in [0.05, 0.1) is 38.3 Å². The molecule has 16 unspecified atom stereocenters. The molecule has 114 heavy (non-hydrogen) atoms. The first-order valence-electron chi connectivity index (χ1n) is 37.5. The van der Waals surface area contributed by atoms with Crippen molar-refractivity contribution in [2.24, 2.45) is 56.4 Å². The Bertz CT molecular complexity index is 3420. The van der Waals surface area contributed by atoms with Gasteiger partial charge in [-0.1, -0.05) is 48.0 Å². The van der Waals surface area contributed by atoms with Crippen molar-refractivity contribution >= 4 is 125 Å². The van der Waals surface area contributed by atoms with Crippen molar-refractivity contribution in [3.8, 4) is 0 Å². The summed E-state index contributed by atoms with van der Waals surface area (Å²) in [5.41, 5.74) is 28.1. The molecule has 2 aliphatic heterocycles. The molecular weight excluding hydrogens is 1510 g/mol. The number of unbranched alkanes of at least 4 members (excludes halogenated alkanes) is 2. The minimum absolute atomic E-state index is 0.0108. The number of likely N-dealkylation sites (tertiary alicyclic amines) is 1. The molecule has 2 heterocycles. The number of aliphatic carboxylic acids is 3. The molecule has 1 saturated heterocycles. The highest BCUT2D eigenvalue weighted by Gasteiger charge is 2.42. The number of rotatable bonds is 55. The zero-order valence-corrected chi connectivity index (χ0v) is 65.0. The number of nitrogens with one attached hydrogen (secondary N) is 13. The van der Waals surface area contributed by atoms with Crippen LogP contribution in [0.3, 0.4) is 0 Å². The van der Waals surface area contributed by atoms with Crippen molar-refractivity contribution in [2.45, 2.75) is 248 Å². The Morgan fingerprint density at radius 2 is 0.904 bits per heavy atom. The fourth-order valence-corrected chi connectivity index (χ4v) is 11.4. The van der Waals surface area contributed by atoms with Crippen LogP contribution in [0.25, 0.3) is 0 Å². The summed E-state index contributed by atoms with van der Waals surface area (Å²) in [5, 5.41) is 80.1. The summed E-state index contributed by atoms with van der Waals surface area (Å²) in [7, 11) is 0. The molecule has 0 saturated carbocycles. The number of carboxylic acids is 3. The molecule has 16 atom stereocenters. The smallest absolute Gasteiger partial charge is 0.325 e. The van der Waals surface area contributed by atoms with E-state index in [9.17, 15) is 117 Å². The number of primary amides is 2. The van der Waals surface area contributed by atoms with Crippen molar-refractivity contribution in [3.05, 3.63) is 0 Å². The van der Waals surface area contributed by atoms with Crippen LogP contribution in [0.5, 0.6) is 0 Å². The molecule has 640 valence electrons. The van der Waals surface area contributed by atoms with Gasteiger partial charge in [-0.15, -0.1) is 0 Å². The van der Waals surface area contributed by atoms with E-state index in [0.29, 0.717) is 25.7 Å². The predicted octanol–water partition coefficient (Wildman–Crippen LogP) is -9.31. The maximum absolute atomic E-state index is 14.5. The van der Waals surface area contributed by atoms with E-state index in [2.05, 4.69) is 79.1 Å². The highest BCUT2D eigenvalue weighted by molar-refractivity contribution is 6.01. The molecule has 2 rings (SSSR count). The van der Waals surface area contributed by atoms with Gasteiger partial charge in [0.25, 0.3) is 0 Å². The van der Waals surface area contributed by atoms with Gasteiger partial charge in [0.1, 0.15) is 84.9 Å². The standard InChI is InChI=1S/C69H115N21O24/c1-8-35(6)55(67(111)86-44(27-52(98)99)61(105)87-46(31-92)64(108)83-40(17-20-48(72)93)58(102)81-39(15-10-12-24-71)57(101)80-38(14-9-11-23-70)56(100)78-36(7)69(113)114)89-62(106)43(26-37-28-75-32-77-37)85-59(103)41(18-21-49(73)94)82-63(107)45(30-91)79-50(95)29-76-65(109)47-16-13-25-90(47)68(112)54(34(4)5)88-60(104)42(19-22-51(96)97)84-66(110)53(74)33(2)3/h28,32-47,53-55,91-92H,8-27,29-31,70-71,74H2,1-7H3,(H2,72,93)(H2,73,94)(H,76,109)(H,78,100)(H,79,95)(H,80,101)(H,81,102)(H,82,107)(H,83,108)(H,84,110)(H,85,103)(H,86,111)(H,87,105)(H,88,104)(H,89,106)(H,96,97)(H,98,99)(H,113,114). The van der Waals surface area contributed by atoms with Crippen LogP contribution in [-0.2, 0) is 91.1 Å². The van der Waals surface area contributed by atoms with Crippen LogP contribution in [0.1, 0.15) is 158 Å². The molecule has 0 spiro atoms. The lowest BCUT2D eigenvalue weighted by Gasteiger charge is -2.31.